The van der Waals surface area contributed by atoms with Gasteiger partial charge in [-0.1, -0.05) is 30.3 Å². The third-order valence-electron chi connectivity index (χ3n) is 4.43. The van der Waals surface area contributed by atoms with E-state index in [0.717, 1.165) is 11.1 Å². The molecule has 1 N–H and O–H groups in total. The Morgan fingerprint density at radius 3 is 2.74 bits per heavy atom. The third-order valence-corrected chi connectivity index (χ3v) is 5.56. The van der Waals surface area contributed by atoms with E-state index in [1.165, 1.54) is 11.3 Å². The van der Waals surface area contributed by atoms with E-state index in [9.17, 15) is 14.4 Å². The number of hydrogen-bond acceptors (Lipinski definition) is 5. The molecule has 6 nitrogen and oxygen atoms in total. The van der Waals surface area contributed by atoms with Gasteiger partial charge in [-0.15, -0.1) is 11.3 Å². The second-order valence-electron chi connectivity index (χ2n) is 6.49. The van der Waals surface area contributed by atoms with Gasteiger partial charge in [0.25, 0.3) is 0 Å². The van der Waals surface area contributed by atoms with Crippen molar-refractivity contribution in [3.8, 4) is 0 Å². The van der Waals surface area contributed by atoms with Crippen LogP contribution in [-0.4, -0.2) is 35.8 Å². The lowest BCUT2D eigenvalue weighted by Gasteiger charge is -2.16. The molecule has 1 aliphatic rings. The molecule has 27 heavy (non-hydrogen) atoms. The average Bonchev–Trinajstić information content (AvgIpc) is 3.19. The molecule has 7 heteroatoms. The summed E-state index contributed by atoms with van der Waals surface area (Å²) in [6.45, 7) is 4.77. The zero-order valence-corrected chi connectivity index (χ0v) is 16.2. The first kappa shape index (κ1) is 19.1. The van der Waals surface area contributed by atoms with E-state index in [1.807, 2.05) is 30.3 Å². The van der Waals surface area contributed by atoms with E-state index in [2.05, 4.69) is 5.32 Å². The number of rotatable bonds is 6. The van der Waals surface area contributed by atoms with E-state index >= 15 is 0 Å². The van der Waals surface area contributed by atoms with E-state index in [4.69, 9.17) is 4.74 Å². The molecule has 142 valence electrons. The summed E-state index contributed by atoms with van der Waals surface area (Å²) < 4.78 is 5.02. The molecular weight excluding hydrogens is 364 g/mol. The molecule has 1 aromatic heterocycles. The molecule has 1 aromatic carbocycles. The van der Waals surface area contributed by atoms with Crippen LogP contribution in [0.5, 0.6) is 0 Å². The molecule has 1 saturated heterocycles. The van der Waals surface area contributed by atoms with Crippen LogP contribution in [0, 0.1) is 12.8 Å². The molecule has 2 amide bonds. The zero-order valence-electron chi connectivity index (χ0n) is 15.4. The number of aryl methyl sites for hydroxylation is 1. The number of thiophene rings is 1. The SMILES string of the molecule is CCOC(=O)c1sc(NC(=O)C2CC(=O)N(Cc3ccccc3)C2)cc1C. The fourth-order valence-corrected chi connectivity index (χ4v) is 4.04. The summed E-state index contributed by atoms with van der Waals surface area (Å²) in [4.78, 5) is 38.9. The van der Waals surface area contributed by atoms with Crippen molar-refractivity contribution in [2.75, 3.05) is 18.5 Å². The predicted octanol–water partition coefficient (Wildman–Crippen LogP) is 3.22. The Hall–Kier alpha value is -2.67. The van der Waals surface area contributed by atoms with Crippen molar-refractivity contribution in [1.29, 1.82) is 0 Å². The Bertz CT molecular complexity index is 847. The van der Waals surface area contributed by atoms with Gasteiger partial charge in [-0.25, -0.2) is 4.79 Å². The molecule has 0 saturated carbocycles. The smallest absolute Gasteiger partial charge is 0.348 e. The van der Waals surface area contributed by atoms with Gasteiger partial charge in [-0.05, 0) is 31.0 Å². The van der Waals surface area contributed by atoms with Crippen molar-refractivity contribution in [2.24, 2.45) is 5.92 Å². The number of esters is 1. The van der Waals surface area contributed by atoms with Gasteiger partial charge in [0.2, 0.25) is 11.8 Å². The molecule has 2 aromatic rings. The highest BCUT2D eigenvalue weighted by Gasteiger charge is 2.34. The number of hydrogen-bond donors (Lipinski definition) is 1. The van der Waals surface area contributed by atoms with Crippen molar-refractivity contribution >= 4 is 34.1 Å². The minimum atomic E-state index is -0.394. The predicted molar refractivity (Wildman–Crippen MR) is 104 cm³/mol. The van der Waals surface area contributed by atoms with E-state index < -0.39 is 5.92 Å². The van der Waals surface area contributed by atoms with Crippen LogP contribution in [0.4, 0.5) is 5.00 Å². The lowest BCUT2D eigenvalue weighted by molar-refractivity contribution is -0.128. The number of amides is 2. The fourth-order valence-electron chi connectivity index (χ4n) is 3.07. The number of ether oxygens (including phenoxy) is 1. The van der Waals surface area contributed by atoms with Gasteiger partial charge < -0.3 is 15.0 Å². The number of carbonyl (C=O) groups is 3. The molecule has 1 unspecified atom stereocenters. The minimum Gasteiger partial charge on any atom is -0.462 e. The Morgan fingerprint density at radius 2 is 2.04 bits per heavy atom. The van der Waals surface area contributed by atoms with Gasteiger partial charge in [0.05, 0.1) is 17.5 Å². The van der Waals surface area contributed by atoms with Crippen molar-refractivity contribution in [3.63, 3.8) is 0 Å². The van der Waals surface area contributed by atoms with Crippen LogP contribution in [0.1, 0.15) is 34.1 Å². The Labute approximate surface area is 162 Å². The van der Waals surface area contributed by atoms with Crippen molar-refractivity contribution in [1.82, 2.24) is 4.90 Å². The molecule has 1 fully saturated rings. The average molecular weight is 386 g/mol. The van der Waals surface area contributed by atoms with Crippen LogP contribution >= 0.6 is 11.3 Å². The van der Waals surface area contributed by atoms with E-state index in [0.29, 0.717) is 29.6 Å². The second-order valence-corrected chi connectivity index (χ2v) is 7.55. The number of benzene rings is 1. The Kier molecular flexibility index (Phi) is 5.91. The maximum Gasteiger partial charge on any atom is 0.348 e. The summed E-state index contributed by atoms with van der Waals surface area (Å²) in [5, 5.41) is 3.43. The molecule has 2 heterocycles. The van der Waals surface area contributed by atoms with Gasteiger partial charge in [0.1, 0.15) is 4.88 Å². The van der Waals surface area contributed by atoms with Crippen molar-refractivity contribution in [2.45, 2.75) is 26.8 Å². The van der Waals surface area contributed by atoms with Crippen LogP contribution in [0.3, 0.4) is 0 Å². The summed E-state index contributed by atoms with van der Waals surface area (Å²) in [6, 6.07) is 11.5. The van der Waals surface area contributed by atoms with Crippen LogP contribution < -0.4 is 5.32 Å². The molecule has 0 bridgehead atoms. The molecule has 0 spiro atoms. The first-order valence-electron chi connectivity index (χ1n) is 8.88. The van der Waals surface area contributed by atoms with Gasteiger partial charge in [-0.3, -0.25) is 9.59 Å². The van der Waals surface area contributed by atoms with Crippen LogP contribution in [-0.2, 0) is 20.9 Å². The molecule has 3 rings (SSSR count). The lowest BCUT2D eigenvalue weighted by atomic mass is 10.1. The molecule has 1 atom stereocenters. The monoisotopic (exact) mass is 386 g/mol. The Balaban J connectivity index is 1.61. The van der Waals surface area contributed by atoms with E-state index in [-0.39, 0.29) is 24.2 Å². The number of nitrogens with zero attached hydrogens (tertiary/aromatic N) is 1. The van der Waals surface area contributed by atoms with Crippen LogP contribution in [0.25, 0.3) is 0 Å². The molecule has 0 aliphatic carbocycles. The lowest BCUT2D eigenvalue weighted by Crippen LogP contribution is -2.27. The second kappa shape index (κ2) is 8.35. The zero-order chi connectivity index (χ0) is 19.4. The Morgan fingerprint density at radius 1 is 1.30 bits per heavy atom. The highest BCUT2D eigenvalue weighted by Crippen LogP contribution is 2.29. The standard InChI is InChI=1S/C20H22N2O4S/c1-3-26-20(25)18-13(2)9-16(27-18)21-19(24)15-10-17(23)22(12-15)11-14-7-5-4-6-8-14/h4-9,15H,3,10-12H2,1-2H3,(H,21,24). The quantitative estimate of drug-likeness (QED) is 0.774. The fraction of sp³-hybridized carbons (Fsp3) is 0.350. The topological polar surface area (TPSA) is 75.7 Å². The van der Waals surface area contributed by atoms with E-state index in [1.54, 1.807) is 24.8 Å². The summed E-state index contributed by atoms with van der Waals surface area (Å²) in [7, 11) is 0. The van der Waals surface area contributed by atoms with Crippen molar-refractivity contribution < 1.29 is 19.1 Å². The largest absolute Gasteiger partial charge is 0.462 e. The van der Waals surface area contributed by atoms with Crippen LogP contribution in [0.2, 0.25) is 0 Å². The summed E-state index contributed by atoms with van der Waals surface area (Å²) in [5.41, 5.74) is 1.81. The minimum absolute atomic E-state index is 0.0198. The normalized spacial score (nSPS) is 16.4. The van der Waals surface area contributed by atoms with Gasteiger partial charge in [0.15, 0.2) is 0 Å². The first-order chi connectivity index (χ1) is 13.0. The maximum atomic E-state index is 12.6. The summed E-state index contributed by atoms with van der Waals surface area (Å²) in [6.07, 6.45) is 0.202. The molecule has 1 aliphatic heterocycles. The third kappa shape index (κ3) is 4.54. The first-order valence-corrected chi connectivity index (χ1v) is 9.69. The number of likely N-dealkylation sites (tertiary alicyclic amines) is 1. The highest BCUT2D eigenvalue weighted by molar-refractivity contribution is 7.18. The highest BCUT2D eigenvalue weighted by atomic mass is 32.1. The number of nitrogens with one attached hydrogen (secondary N) is 1. The number of anilines is 1. The molecular formula is C20H22N2O4S. The summed E-state index contributed by atoms with van der Waals surface area (Å²) in [5.74, 6) is -0.996. The molecule has 0 radical (unpaired) electrons. The van der Waals surface area contributed by atoms with Crippen molar-refractivity contribution in [3.05, 3.63) is 52.4 Å². The maximum absolute atomic E-state index is 12.6. The van der Waals surface area contributed by atoms with Gasteiger partial charge >= 0.3 is 5.97 Å². The summed E-state index contributed by atoms with van der Waals surface area (Å²) >= 11 is 1.19. The van der Waals surface area contributed by atoms with Gasteiger partial charge in [-0.2, -0.15) is 0 Å². The van der Waals surface area contributed by atoms with Gasteiger partial charge in [0, 0.05) is 19.5 Å². The van der Waals surface area contributed by atoms with Crippen LogP contribution in [0.15, 0.2) is 36.4 Å². The number of carbonyl (C=O) groups excluding carboxylic acids is 3.